The van der Waals surface area contributed by atoms with Gasteiger partial charge in [-0.2, -0.15) is 0 Å². The molecule has 1 saturated heterocycles. The van der Waals surface area contributed by atoms with Gasteiger partial charge < -0.3 is 24.6 Å². The summed E-state index contributed by atoms with van der Waals surface area (Å²) in [6.45, 7) is 4.72. The highest BCUT2D eigenvalue weighted by molar-refractivity contribution is 5.96. The number of aliphatic hydroxyl groups is 1. The highest BCUT2D eigenvalue weighted by Gasteiger charge is 2.30. The molecule has 0 bridgehead atoms. The minimum Gasteiger partial charge on any atom is -0.497 e. The molecule has 2 aliphatic rings. The van der Waals surface area contributed by atoms with Crippen LogP contribution in [0.1, 0.15) is 73.9 Å². The number of Topliss-reactive ketones (excluding diaryl/α,β-unsaturated/α-hetero) is 1. The molecule has 0 spiro atoms. The Labute approximate surface area is 225 Å². The monoisotopic (exact) mass is 524 g/mol. The predicted octanol–water partition coefficient (Wildman–Crippen LogP) is 4.30. The number of hydrogen-bond acceptors (Lipinski definition) is 7. The molecule has 2 N–H and O–H groups in total. The number of carbonyl (C=O) groups is 2. The first kappa shape index (κ1) is 27.9. The summed E-state index contributed by atoms with van der Waals surface area (Å²) in [4.78, 5) is 27.6. The number of rotatable bonds is 13. The van der Waals surface area contributed by atoms with Crippen LogP contribution in [0.15, 0.2) is 42.5 Å². The van der Waals surface area contributed by atoms with Crippen LogP contribution in [-0.4, -0.2) is 67.2 Å². The molecule has 2 aromatic rings. The van der Waals surface area contributed by atoms with Gasteiger partial charge in [0, 0.05) is 31.0 Å². The van der Waals surface area contributed by atoms with Crippen LogP contribution in [0.3, 0.4) is 0 Å². The van der Waals surface area contributed by atoms with Crippen LogP contribution < -0.4 is 19.5 Å². The van der Waals surface area contributed by atoms with Gasteiger partial charge in [-0.15, -0.1) is 0 Å². The maximum absolute atomic E-state index is 12.9. The number of fused-ring (bicyclic) bond motifs is 1. The summed E-state index contributed by atoms with van der Waals surface area (Å²) in [6.07, 6.45) is 4.38. The van der Waals surface area contributed by atoms with Crippen molar-refractivity contribution in [1.82, 2.24) is 10.2 Å². The van der Waals surface area contributed by atoms with E-state index in [0.29, 0.717) is 67.7 Å². The normalized spacial score (nSPS) is 18.6. The number of benzene rings is 2. The molecular formula is C30H40N2O6. The van der Waals surface area contributed by atoms with Gasteiger partial charge in [-0.05, 0) is 81.1 Å². The van der Waals surface area contributed by atoms with E-state index in [9.17, 15) is 14.7 Å². The third-order valence-corrected chi connectivity index (χ3v) is 7.48. The molecule has 4 rings (SSSR count). The van der Waals surface area contributed by atoms with Gasteiger partial charge in [0.25, 0.3) is 0 Å². The van der Waals surface area contributed by atoms with Gasteiger partial charge in [-0.3, -0.25) is 14.5 Å². The molecule has 38 heavy (non-hydrogen) atoms. The van der Waals surface area contributed by atoms with Crippen molar-refractivity contribution in [2.45, 2.75) is 70.1 Å². The van der Waals surface area contributed by atoms with E-state index in [-0.39, 0.29) is 11.7 Å². The average molecular weight is 525 g/mol. The summed E-state index contributed by atoms with van der Waals surface area (Å²) in [6, 6.07) is 12.6. The van der Waals surface area contributed by atoms with Crippen LogP contribution in [0.5, 0.6) is 17.2 Å². The third kappa shape index (κ3) is 7.48. The average Bonchev–Trinajstić information content (AvgIpc) is 3.35. The van der Waals surface area contributed by atoms with Crippen molar-refractivity contribution >= 4 is 11.7 Å². The van der Waals surface area contributed by atoms with Gasteiger partial charge in [-0.1, -0.05) is 12.5 Å². The summed E-state index contributed by atoms with van der Waals surface area (Å²) in [7, 11) is 1.60. The quantitative estimate of drug-likeness (QED) is 0.298. The standard InChI is InChI=1S/C30H40N2O6/c1-21-7-6-16-32(21)20-25(30(35)23-12-15-27-28(19-23)38-18-17-37-27)31-29(34)9-5-3-4-8-26(33)22-10-13-24(36-2)14-11-22/h10-15,19,21,25,30,35H,3-9,16-18,20H2,1-2H3,(H,31,34)/t21-,25-,30+/m1/s1. The van der Waals surface area contributed by atoms with E-state index in [4.69, 9.17) is 14.2 Å². The number of carbonyl (C=O) groups excluding carboxylic acids is 2. The van der Waals surface area contributed by atoms with Gasteiger partial charge >= 0.3 is 0 Å². The third-order valence-electron chi connectivity index (χ3n) is 7.48. The molecule has 0 aromatic heterocycles. The number of ketones is 1. The second-order valence-electron chi connectivity index (χ2n) is 10.2. The fourth-order valence-corrected chi connectivity index (χ4v) is 5.17. The van der Waals surface area contributed by atoms with E-state index in [1.165, 1.54) is 0 Å². The lowest BCUT2D eigenvalue weighted by molar-refractivity contribution is -0.123. The predicted molar refractivity (Wildman–Crippen MR) is 145 cm³/mol. The second kappa shape index (κ2) is 13.6. The number of ether oxygens (including phenoxy) is 3. The lowest BCUT2D eigenvalue weighted by atomic mass is 10.00. The Morgan fingerprint density at radius 3 is 2.50 bits per heavy atom. The van der Waals surface area contributed by atoms with Crippen molar-refractivity contribution in [2.24, 2.45) is 0 Å². The van der Waals surface area contributed by atoms with Crippen LogP contribution >= 0.6 is 0 Å². The number of hydrogen-bond donors (Lipinski definition) is 2. The second-order valence-corrected chi connectivity index (χ2v) is 10.2. The number of likely N-dealkylation sites (tertiary alicyclic amines) is 1. The number of unbranched alkanes of at least 4 members (excludes halogenated alkanes) is 2. The van der Waals surface area contributed by atoms with Crippen LogP contribution in [0.4, 0.5) is 0 Å². The van der Waals surface area contributed by atoms with Crippen molar-refractivity contribution in [3.63, 3.8) is 0 Å². The molecule has 206 valence electrons. The molecule has 8 heteroatoms. The number of nitrogens with zero attached hydrogens (tertiary/aromatic N) is 1. The molecule has 1 fully saturated rings. The molecular weight excluding hydrogens is 484 g/mol. The first-order valence-electron chi connectivity index (χ1n) is 13.7. The van der Waals surface area contributed by atoms with E-state index in [2.05, 4.69) is 17.1 Å². The van der Waals surface area contributed by atoms with E-state index in [0.717, 1.165) is 38.0 Å². The molecule has 0 aliphatic carbocycles. The fraction of sp³-hybridized carbons (Fsp3) is 0.533. The molecule has 1 amide bonds. The number of amides is 1. The lowest BCUT2D eigenvalue weighted by Crippen LogP contribution is -2.48. The minimum absolute atomic E-state index is 0.0834. The van der Waals surface area contributed by atoms with Gasteiger partial charge in [0.2, 0.25) is 5.91 Å². The first-order valence-corrected chi connectivity index (χ1v) is 13.7. The SMILES string of the molecule is COc1ccc(C(=O)CCCCCC(=O)N[C@H](CN2CCC[C@H]2C)[C@@H](O)c2ccc3c(c2)OCCO3)cc1. The smallest absolute Gasteiger partial charge is 0.220 e. The van der Waals surface area contributed by atoms with E-state index in [1.807, 2.05) is 18.2 Å². The van der Waals surface area contributed by atoms with Crippen molar-refractivity contribution in [1.29, 1.82) is 0 Å². The zero-order valence-corrected chi connectivity index (χ0v) is 22.5. The fourth-order valence-electron chi connectivity index (χ4n) is 5.17. The Hall–Kier alpha value is -3.10. The lowest BCUT2D eigenvalue weighted by Gasteiger charge is -2.31. The Kier molecular flexibility index (Phi) is 10.0. The topological polar surface area (TPSA) is 97.3 Å². The van der Waals surface area contributed by atoms with E-state index >= 15 is 0 Å². The Morgan fingerprint density at radius 2 is 1.79 bits per heavy atom. The van der Waals surface area contributed by atoms with Gasteiger partial charge in [0.15, 0.2) is 17.3 Å². The summed E-state index contributed by atoms with van der Waals surface area (Å²) in [5, 5.41) is 14.4. The molecule has 8 nitrogen and oxygen atoms in total. The molecule has 0 saturated carbocycles. The van der Waals surface area contributed by atoms with E-state index < -0.39 is 12.1 Å². The van der Waals surface area contributed by atoms with Gasteiger partial charge in [-0.25, -0.2) is 0 Å². The van der Waals surface area contributed by atoms with Crippen molar-refractivity contribution in [2.75, 3.05) is 33.4 Å². The van der Waals surface area contributed by atoms with Crippen LogP contribution in [-0.2, 0) is 4.79 Å². The molecule has 2 aromatic carbocycles. The number of methoxy groups -OCH3 is 1. The zero-order valence-electron chi connectivity index (χ0n) is 22.5. The highest BCUT2D eigenvalue weighted by atomic mass is 16.6. The van der Waals surface area contributed by atoms with Crippen LogP contribution in [0.2, 0.25) is 0 Å². The van der Waals surface area contributed by atoms with Gasteiger partial charge in [0.1, 0.15) is 25.1 Å². The van der Waals surface area contributed by atoms with Crippen molar-refractivity contribution in [3.8, 4) is 17.2 Å². The Bertz CT molecular complexity index is 1070. The van der Waals surface area contributed by atoms with Crippen molar-refractivity contribution in [3.05, 3.63) is 53.6 Å². The van der Waals surface area contributed by atoms with Crippen LogP contribution in [0, 0.1) is 0 Å². The first-order chi connectivity index (χ1) is 18.4. The molecule has 2 heterocycles. The largest absolute Gasteiger partial charge is 0.497 e. The van der Waals surface area contributed by atoms with Crippen LogP contribution in [0.25, 0.3) is 0 Å². The number of aliphatic hydroxyl groups excluding tert-OH is 1. The van der Waals surface area contributed by atoms with Crippen molar-refractivity contribution < 1.29 is 28.9 Å². The molecule has 2 aliphatic heterocycles. The summed E-state index contributed by atoms with van der Waals surface area (Å²) < 4.78 is 16.4. The molecule has 0 unspecified atom stereocenters. The maximum Gasteiger partial charge on any atom is 0.220 e. The Morgan fingerprint density at radius 1 is 1.05 bits per heavy atom. The molecule has 0 radical (unpaired) electrons. The van der Waals surface area contributed by atoms with Gasteiger partial charge in [0.05, 0.1) is 13.2 Å². The summed E-state index contributed by atoms with van der Waals surface area (Å²) >= 11 is 0. The van der Waals surface area contributed by atoms with E-state index in [1.54, 1.807) is 31.4 Å². The molecule has 3 atom stereocenters. The highest BCUT2D eigenvalue weighted by Crippen LogP contribution is 2.34. The summed E-state index contributed by atoms with van der Waals surface area (Å²) in [5.41, 5.74) is 1.37. The maximum atomic E-state index is 12.9. The summed E-state index contributed by atoms with van der Waals surface area (Å²) in [5.74, 6) is 2.03. The minimum atomic E-state index is -0.871. The Balaban J connectivity index is 1.28. The zero-order chi connectivity index (χ0) is 26.9. The number of nitrogens with one attached hydrogen (secondary N) is 1.